The number of aromatic amines is 1. The van der Waals surface area contributed by atoms with E-state index in [1.165, 1.54) is 12.1 Å². The smallest absolute Gasteiger partial charge is 0.270 e. The van der Waals surface area contributed by atoms with Gasteiger partial charge in [-0.15, -0.1) is 0 Å². The molecule has 0 aliphatic heterocycles. The van der Waals surface area contributed by atoms with Crippen molar-refractivity contribution in [3.8, 4) is 0 Å². The lowest BCUT2D eigenvalue weighted by atomic mass is 9.87. The topological polar surface area (TPSA) is 108 Å². The number of rotatable bonds is 6. The van der Waals surface area contributed by atoms with Gasteiger partial charge in [-0.2, -0.15) is 0 Å². The summed E-state index contributed by atoms with van der Waals surface area (Å²) >= 11 is 0. The van der Waals surface area contributed by atoms with Crippen LogP contribution in [0.2, 0.25) is 0 Å². The second kappa shape index (κ2) is 6.37. The molecular formula is C16H21N3O4. The molecular weight excluding hydrogens is 298 g/mol. The van der Waals surface area contributed by atoms with Crippen LogP contribution in [-0.4, -0.2) is 33.6 Å². The fourth-order valence-corrected chi connectivity index (χ4v) is 2.70. The van der Waals surface area contributed by atoms with E-state index in [1.807, 2.05) is 13.8 Å². The number of non-ortho nitro benzene ring substituents is 1. The summed E-state index contributed by atoms with van der Waals surface area (Å²) in [5.41, 5.74) is 0.739. The van der Waals surface area contributed by atoms with Crippen LogP contribution in [0, 0.1) is 15.5 Å². The number of H-pyrrole nitrogens is 1. The minimum Gasteiger partial charge on any atom is -0.393 e. The minimum absolute atomic E-state index is 0.0550. The van der Waals surface area contributed by atoms with E-state index in [4.69, 9.17) is 0 Å². The van der Waals surface area contributed by atoms with Crippen molar-refractivity contribution in [2.45, 2.75) is 33.3 Å². The summed E-state index contributed by atoms with van der Waals surface area (Å²) in [7, 11) is 0. The largest absolute Gasteiger partial charge is 0.393 e. The Morgan fingerprint density at radius 3 is 2.78 bits per heavy atom. The average molecular weight is 319 g/mol. The molecule has 1 heterocycles. The van der Waals surface area contributed by atoms with Gasteiger partial charge in [-0.05, 0) is 24.8 Å². The molecule has 0 saturated heterocycles. The molecule has 0 bridgehead atoms. The number of fused-ring (bicyclic) bond motifs is 1. The van der Waals surface area contributed by atoms with Gasteiger partial charge < -0.3 is 15.4 Å². The third-order valence-corrected chi connectivity index (χ3v) is 3.70. The van der Waals surface area contributed by atoms with Gasteiger partial charge >= 0.3 is 0 Å². The van der Waals surface area contributed by atoms with Crippen LogP contribution < -0.4 is 5.32 Å². The second-order valence-corrected chi connectivity index (χ2v) is 6.59. The first-order chi connectivity index (χ1) is 10.7. The molecule has 2 rings (SSSR count). The molecule has 0 fully saturated rings. The van der Waals surface area contributed by atoms with Crippen LogP contribution in [0.3, 0.4) is 0 Å². The molecule has 3 N–H and O–H groups in total. The molecule has 0 aliphatic rings. The number of aliphatic hydroxyl groups is 1. The first-order valence-electron chi connectivity index (χ1n) is 7.41. The third kappa shape index (κ3) is 4.07. The van der Waals surface area contributed by atoms with Gasteiger partial charge in [-0.3, -0.25) is 14.9 Å². The molecule has 7 nitrogen and oxygen atoms in total. The number of hydrogen-bond acceptors (Lipinski definition) is 4. The zero-order valence-electron chi connectivity index (χ0n) is 13.4. The van der Waals surface area contributed by atoms with Gasteiger partial charge in [0.25, 0.3) is 11.6 Å². The van der Waals surface area contributed by atoms with Crippen LogP contribution in [0.4, 0.5) is 5.69 Å². The number of carbonyl (C=O) groups excluding carboxylic acids is 1. The first kappa shape index (κ1) is 17.0. The molecule has 0 saturated carbocycles. The van der Waals surface area contributed by atoms with E-state index in [0.717, 1.165) is 0 Å². The Bertz CT molecular complexity index is 734. The lowest BCUT2D eigenvalue weighted by Gasteiger charge is -2.26. The Labute approximate surface area is 133 Å². The van der Waals surface area contributed by atoms with Crippen LogP contribution in [0.25, 0.3) is 10.9 Å². The summed E-state index contributed by atoms with van der Waals surface area (Å²) in [4.78, 5) is 25.7. The highest BCUT2D eigenvalue weighted by molar-refractivity contribution is 6.07. The van der Waals surface area contributed by atoms with E-state index in [-0.39, 0.29) is 17.0 Å². The van der Waals surface area contributed by atoms with Crippen molar-refractivity contribution in [3.05, 3.63) is 40.1 Å². The monoisotopic (exact) mass is 319 g/mol. The molecule has 0 radical (unpaired) electrons. The molecule has 0 aliphatic carbocycles. The summed E-state index contributed by atoms with van der Waals surface area (Å²) in [6.07, 6.45) is 1.66. The van der Waals surface area contributed by atoms with E-state index in [1.54, 1.807) is 19.2 Å². The predicted octanol–water partition coefficient (Wildman–Crippen LogP) is 2.60. The summed E-state index contributed by atoms with van der Waals surface area (Å²) in [5, 5.41) is 23.7. The minimum atomic E-state index is -0.486. The Morgan fingerprint density at radius 1 is 1.48 bits per heavy atom. The van der Waals surface area contributed by atoms with Gasteiger partial charge in [0, 0.05) is 35.8 Å². The Morgan fingerprint density at radius 2 is 2.17 bits per heavy atom. The number of nitro benzene ring substituents is 1. The number of nitrogens with zero attached hydrogens (tertiary/aromatic N) is 1. The molecule has 124 valence electrons. The number of amides is 1. The number of aliphatic hydroxyl groups excluding tert-OH is 1. The Kier molecular flexibility index (Phi) is 4.70. The van der Waals surface area contributed by atoms with Gasteiger partial charge in [0.1, 0.15) is 0 Å². The fraction of sp³-hybridized carbons (Fsp3) is 0.438. The lowest BCUT2D eigenvalue weighted by molar-refractivity contribution is -0.384. The van der Waals surface area contributed by atoms with Crippen LogP contribution >= 0.6 is 0 Å². The first-order valence-corrected chi connectivity index (χ1v) is 7.41. The van der Waals surface area contributed by atoms with Crippen LogP contribution in [0.1, 0.15) is 37.6 Å². The molecule has 2 aromatic rings. The van der Waals surface area contributed by atoms with Crippen molar-refractivity contribution in [1.29, 1.82) is 0 Å². The third-order valence-electron chi connectivity index (χ3n) is 3.70. The Balaban J connectivity index is 2.18. The predicted molar refractivity (Wildman–Crippen MR) is 87.4 cm³/mol. The number of carbonyl (C=O) groups is 1. The van der Waals surface area contributed by atoms with E-state index < -0.39 is 11.0 Å². The van der Waals surface area contributed by atoms with Crippen LogP contribution in [0.5, 0.6) is 0 Å². The molecule has 23 heavy (non-hydrogen) atoms. The zero-order chi connectivity index (χ0) is 17.2. The SMILES string of the molecule is CC(O)CC(C)(C)CNC(=O)c1c[nH]c2ccc([N+](=O)[O-])cc12. The molecule has 1 atom stereocenters. The normalized spacial score (nSPS) is 13.0. The van der Waals surface area contributed by atoms with E-state index in [2.05, 4.69) is 10.3 Å². The standard InChI is InChI=1S/C16H21N3O4/c1-10(20)7-16(2,3)9-18-15(21)13-8-17-14-5-4-11(19(22)23)6-12(13)14/h4-6,8,10,17,20H,7,9H2,1-3H3,(H,18,21). The van der Waals surface area contributed by atoms with Crippen molar-refractivity contribution in [1.82, 2.24) is 10.3 Å². The van der Waals surface area contributed by atoms with Crippen LogP contribution in [0.15, 0.2) is 24.4 Å². The average Bonchev–Trinajstić information content (AvgIpc) is 2.86. The lowest BCUT2D eigenvalue weighted by Crippen LogP contribution is -2.35. The van der Waals surface area contributed by atoms with Crippen molar-refractivity contribution in [3.63, 3.8) is 0 Å². The second-order valence-electron chi connectivity index (χ2n) is 6.59. The number of hydrogen-bond donors (Lipinski definition) is 3. The van der Waals surface area contributed by atoms with Crippen molar-refractivity contribution < 1.29 is 14.8 Å². The van der Waals surface area contributed by atoms with Crippen molar-refractivity contribution in [2.24, 2.45) is 5.41 Å². The molecule has 1 amide bonds. The maximum absolute atomic E-state index is 12.4. The maximum Gasteiger partial charge on any atom is 0.270 e. The molecule has 1 aromatic heterocycles. The maximum atomic E-state index is 12.4. The zero-order valence-corrected chi connectivity index (χ0v) is 13.4. The molecule has 1 aromatic carbocycles. The molecule has 1 unspecified atom stereocenters. The van der Waals surface area contributed by atoms with Crippen LogP contribution in [-0.2, 0) is 0 Å². The quantitative estimate of drug-likeness (QED) is 0.561. The van der Waals surface area contributed by atoms with Gasteiger partial charge in [0.2, 0.25) is 0 Å². The molecule has 0 spiro atoms. The fourth-order valence-electron chi connectivity index (χ4n) is 2.70. The highest BCUT2D eigenvalue weighted by Crippen LogP contribution is 2.25. The van der Waals surface area contributed by atoms with Crippen molar-refractivity contribution in [2.75, 3.05) is 6.54 Å². The summed E-state index contributed by atoms with van der Waals surface area (Å²) in [6, 6.07) is 4.37. The summed E-state index contributed by atoms with van der Waals surface area (Å²) < 4.78 is 0. The molecule has 7 heteroatoms. The summed E-state index contributed by atoms with van der Waals surface area (Å²) in [5.74, 6) is -0.296. The Hall–Kier alpha value is -2.41. The van der Waals surface area contributed by atoms with Gasteiger partial charge in [0.15, 0.2) is 0 Å². The highest BCUT2D eigenvalue weighted by atomic mass is 16.6. The van der Waals surface area contributed by atoms with Gasteiger partial charge in [-0.25, -0.2) is 0 Å². The van der Waals surface area contributed by atoms with E-state index in [9.17, 15) is 20.0 Å². The highest BCUT2D eigenvalue weighted by Gasteiger charge is 2.22. The number of aromatic nitrogens is 1. The number of benzene rings is 1. The number of nitrogens with one attached hydrogen (secondary N) is 2. The van der Waals surface area contributed by atoms with Gasteiger partial charge in [-0.1, -0.05) is 13.8 Å². The van der Waals surface area contributed by atoms with Gasteiger partial charge in [0.05, 0.1) is 16.6 Å². The summed E-state index contributed by atoms with van der Waals surface area (Å²) in [6.45, 7) is 6.03. The number of nitro groups is 1. The van der Waals surface area contributed by atoms with E-state index >= 15 is 0 Å². The van der Waals surface area contributed by atoms with Crippen molar-refractivity contribution >= 4 is 22.5 Å². The van der Waals surface area contributed by atoms with E-state index in [0.29, 0.717) is 29.4 Å².